The van der Waals surface area contributed by atoms with Gasteiger partial charge in [-0.25, -0.2) is 0 Å². The zero-order valence-electron chi connectivity index (χ0n) is 16.3. The van der Waals surface area contributed by atoms with E-state index < -0.39 is 11.8 Å². The summed E-state index contributed by atoms with van der Waals surface area (Å²) in [4.78, 5) is 24.7. The van der Waals surface area contributed by atoms with E-state index in [1.54, 1.807) is 18.2 Å². The van der Waals surface area contributed by atoms with E-state index in [9.17, 15) is 9.59 Å². The molecule has 1 aromatic heterocycles. The molecule has 0 aliphatic rings. The monoisotopic (exact) mass is 431 g/mol. The van der Waals surface area contributed by atoms with Crippen molar-refractivity contribution < 1.29 is 28.3 Å². The van der Waals surface area contributed by atoms with Crippen molar-refractivity contribution in [2.24, 2.45) is 0 Å². The first-order chi connectivity index (χ1) is 14.5. The van der Waals surface area contributed by atoms with Crippen LogP contribution in [0.25, 0.3) is 11.3 Å². The first kappa shape index (κ1) is 21.0. The standard InChI is InChI=1S/C20H18ClN3O6/c1-27-12-5-7-16(28-2)14(9-12)18-10-15(24-30-18)20(26)23-22-19(25)13-6-4-11(21)8-17(13)29-3/h4-10H,1-3H3,(H,22,25)(H,23,26). The number of ether oxygens (including phenoxy) is 3. The van der Waals surface area contributed by atoms with Crippen LogP contribution in [-0.4, -0.2) is 38.3 Å². The molecule has 10 heteroatoms. The van der Waals surface area contributed by atoms with Crippen LogP contribution < -0.4 is 25.1 Å². The smallest absolute Gasteiger partial charge is 0.291 e. The molecule has 0 bridgehead atoms. The summed E-state index contributed by atoms with van der Waals surface area (Å²) in [7, 11) is 4.45. The van der Waals surface area contributed by atoms with Gasteiger partial charge < -0.3 is 18.7 Å². The van der Waals surface area contributed by atoms with Crippen molar-refractivity contribution in [3.05, 3.63) is 58.7 Å². The van der Waals surface area contributed by atoms with E-state index >= 15 is 0 Å². The van der Waals surface area contributed by atoms with Gasteiger partial charge in [-0.2, -0.15) is 0 Å². The molecule has 0 atom stereocenters. The van der Waals surface area contributed by atoms with Gasteiger partial charge in [0.25, 0.3) is 11.8 Å². The highest BCUT2D eigenvalue weighted by atomic mass is 35.5. The van der Waals surface area contributed by atoms with Crippen LogP contribution in [0.5, 0.6) is 17.2 Å². The highest BCUT2D eigenvalue weighted by Crippen LogP contribution is 2.33. The van der Waals surface area contributed by atoms with E-state index in [-0.39, 0.29) is 17.0 Å². The van der Waals surface area contributed by atoms with Crippen LogP contribution in [0.3, 0.4) is 0 Å². The zero-order chi connectivity index (χ0) is 21.7. The number of rotatable bonds is 6. The van der Waals surface area contributed by atoms with E-state index in [1.165, 1.54) is 45.6 Å². The van der Waals surface area contributed by atoms with Gasteiger partial charge in [0.15, 0.2) is 11.5 Å². The molecule has 2 N–H and O–H groups in total. The minimum Gasteiger partial charge on any atom is -0.497 e. The summed E-state index contributed by atoms with van der Waals surface area (Å²) in [6.45, 7) is 0. The van der Waals surface area contributed by atoms with Crippen LogP contribution in [0.1, 0.15) is 20.8 Å². The molecule has 0 saturated heterocycles. The number of hydrogen-bond donors (Lipinski definition) is 2. The van der Waals surface area contributed by atoms with Crippen molar-refractivity contribution in [3.63, 3.8) is 0 Å². The number of methoxy groups -OCH3 is 3. The second-order valence-corrected chi connectivity index (χ2v) is 6.33. The molecule has 30 heavy (non-hydrogen) atoms. The van der Waals surface area contributed by atoms with E-state index in [0.717, 1.165) is 0 Å². The average molecular weight is 432 g/mol. The molecule has 0 aliphatic carbocycles. The third-order valence-electron chi connectivity index (χ3n) is 4.11. The topological polar surface area (TPSA) is 112 Å². The normalized spacial score (nSPS) is 10.3. The van der Waals surface area contributed by atoms with E-state index in [4.69, 9.17) is 30.3 Å². The number of halogens is 1. The number of aromatic nitrogens is 1. The van der Waals surface area contributed by atoms with Crippen LogP contribution in [-0.2, 0) is 0 Å². The van der Waals surface area contributed by atoms with Crippen molar-refractivity contribution in [3.8, 4) is 28.6 Å². The van der Waals surface area contributed by atoms with Crippen LogP contribution >= 0.6 is 11.6 Å². The molecule has 3 rings (SSSR count). The Kier molecular flexibility index (Phi) is 6.43. The lowest BCUT2D eigenvalue weighted by atomic mass is 10.1. The third kappa shape index (κ3) is 4.47. The van der Waals surface area contributed by atoms with Gasteiger partial charge in [0.2, 0.25) is 0 Å². The minimum atomic E-state index is -0.673. The third-order valence-corrected chi connectivity index (χ3v) is 4.35. The average Bonchev–Trinajstić information content (AvgIpc) is 3.26. The maximum absolute atomic E-state index is 12.4. The largest absolute Gasteiger partial charge is 0.497 e. The fourth-order valence-corrected chi connectivity index (χ4v) is 2.78. The predicted octanol–water partition coefficient (Wildman–Crippen LogP) is 3.10. The first-order valence-corrected chi connectivity index (χ1v) is 8.98. The predicted molar refractivity (Wildman–Crippen MR) is 108 cm³/mol. The Morgan fingerprint density at radius 1 is 0.900 bits per heavy atom. The van der Waals surface area contributed by atoms with Gasteiger partial charge in [0.1, 0.15) is 17.2 Å². The van der Waals surface area contributed by atoms with Crippen molar-refractivity contribution in [1.29, 1.82) is 0 Å². The second-order valence-electron chi connectivity index (χ2n) is 5.90. The molecule has 0 saturated carbocycles. The summed E-state index contributed by atoms with van der Waals surface area (Å²) in [6, 6.07) is 11.0. The Bertz CT molecular complexity index is 1080. The SMILES string of the molecule is COc1ccc(OC)c(-c2cc(C(=O)NNC(=O)c3ccc(Cl)cc3OC)no2)c1. The zero-order valence-corrected chi connectivity index (χ0v) is 17.1. The Morgan fingerprint density at radius 3 is 2.33 bits per heavy atom. The number of nitrogens with zero attached hydrogens (tertiary/aromatic N) is 1. The van der Waals surface area contributed by atoms with Crippen molar-refractivity contribution in [2.75, 3.05) is 21.3 Å². The quantitative estimate of drug-likeness (QED) is 0.577. The number of carbonyl (C=O) groups excluding carboxylic acids is 2. The van der Waals surface area contributed by atoms with E-state index in [1.807, 2.05) is 0 Å². The van der Waals surface area contributed by atoms with Crippen molar-refractivity contribution in [2.45, 2.75) is 0 Å². The number of benzene rings is 2. The highest BCUT2D eigenvalue weighted by molar-refractivity contribution is 6.30. The summed E-state index contributed by atoms with van der Waals surface area (Å²) >= 11 is 5.88. The number of hydrogen-bond acceptors (Lipinski definition) is 7. The molecule has 156 valence electrons. The lowest BCUT2D eigenvalue weighted by Gasteiger charge is -2.09. The summed E-state index contributed by atoms with van der Waals surface area (Å²) in [5.41, 5.74) is 5.28. The summed E-state index contributed by atoms with van der Waals surface area (Å²) < 4.78 is 20.9. The van der Waals surface area contributed by atoms with Gasteiger partial charge in [-0.05, 0) is 36.4 Å². The van der Waals surface area contributed by atoms with Gasteiger partial charge in [-0.15, -0.1) is 0 Å². The van der Waals surface area contributed by atoms with Gasteiger partial charge >= 0.3 is 0 Å². The van der Waals surface area contributed by atoms with Crippen molar-refractivity contribution >= 4 is 23.4 Å². The van der Waals surface area contributed by atoms with Crippen LogP contribution in [0, 0.1) is 0 Å². The first-order valence-electron chi connectivity index (χ1n) is 8.60. The summed E-state index contributed by atoms with van der Waals surface area (Å²) in [5.74, 6) is 0.396. The number of nitrogens with one attached hydrogen (secondary N) is 2. The summed E-state index contributed by atoms with van der Waals surface area (Å²) in [5, 5.41) is 4.16. The minimum absolute atomic E-state index is 0.0433. The molecule has 3 aromatic rings. The maximum atomic E-state index is 12.4. The van der Waals surface area contributed by atoms with Gasteiger partial charge in [-0.3, -0.25) is 20.4 Å². The summed E-state index contributed by atoms with van der Waals surface area (Å²) in [6.07, 6.45) is 0. The molecule has 2 aromatic carbocycles. The van der Waals surface area contributed by atoms with E-state index in [2.05, 4.69) is 16.0 Å². The number of hydrazine groups is 1. The molecule has 2 amide bonds. The molecule has 0 aliphatic heterocycles. The van der Waals surface area contributed by atoms with Gasteiger partial charge in [0, 0.05) is 11.1 Å². The maximum Gasteiger partial charge on any atom is 0.291 e. The van der Waals surface area contributed by atoms with Crippen molar-refractivity contribution in [1.82, 2.24) is 16.0 Å². The van der Waals surface area contributed by atoms with Gasteiger partial charge in [-0.1, -0.05) is 16.8 Å². The molecule has 0 fully saturated rings. The van der Waals surface area contributed by atoms with Gasteiger partial charge in [0.05, 0.1) is 32.5 Å². The molecule has 0 radical (unpaired) electrons. The fourth-order valence-electron chi connectivity index (χ4n) is 2.61. The Hall–Kier alpha value is -3.72. The van der Waals surface area contributed by atoms with E-state index in [0.29, 0.717) is 27.8 Å². The lowest BCUT2D eigenvalue weighted by Crippen LogP contribution is -2.41. The highest BCUT2D eigenvalue weighted by Gasteiger charge is 2.19. The molecule has 9 nitrogen and oxygen atoms in total. The Labute approximate surface area is 176 Å². The molecular formula is C20H18ClN3O6. The molecule has 0 spiro atoms. The number of carbonyl (C=O) groups is 2. The fraction of sp³-hybridized carbons (Fsp3) is 0.150. The lowest BCUT2D eigenvalue weighted by molar-refractivity contribution is 0.0840. The molecule has 0 unspecified atom stereocenters. The number of amides is 2. The Balaban J connectivity index is 1.73. The molecular weight excluding hydrogens is 414 g/mol. The molecule has 1 heterocycles. The van der Waals surface area contributed by atoms with Crippen LogP contribution in [0.2, 0.25) is 5.02 Å². The van der Waals surface area contributed by atoms with Crippen LogP contribution in [0.15, 0.2) is 47.0 Å². The van der Waals surface area contributed by atoms with Crippen LogP contribution in [0.4, 0.5) is 0 Å². The second kappa shape index (κ2) is 9.19. The Morgan fingerprint density at radius 2 is 1.63 bits per heavy atom.